The molecule has 0 aliphatic carbocycles. The van der Waals surface area contributed by atoms with Crippen molar-refractivity contribution < 1.29 is 9.59 Å². The minimum absolute atomic E-state index is 0.0410. The Hall–Kier alpha value is -1.72. The lowest BCUT2D eigenvalue weighted by atomic mass is 10.1. The molecule has 1 atom stereocenters. The normalized spacial score (nSPS) is 15.5. The first-order chi connectivity index (χ1) is 9.02. The summed E-state index contributed by atoms with van der Waals surface area (Å²) in [5, 5.41) is 0. The van der Waals surface area contributed by atoms with Crippen LogP contribution in [0.1, 0.15) is 30.9 Å². The van der Waals surface area contributed by atoms with E-state index >= 15 is 0 Å². The summed E-state index contributed by atoms with van der Waals surface area (Å²) in [6.07, 6.45) is 1.15. The molecule has 1 unspecified atom stereocenters. The molecule has 1 aromatic rings. The Morgan fingerprint density at radius 2 is 2.21 bits per heavy atom. The second-order valence-corrected chi connectivity index (χ2v) is 4.98. The van der Waals surface area contributed by atoms with Gasteiger partial charge in [-0.1, -0.05) is 12.1 Å². The first-order valence-corrected chi connectivity index (χ1v) is 6.46. The second kappa shape index (κ2) is 5.50. The summed E-state index contributed by atoms with van der Waals surface area (Å²) in [5.74, 6) is -0.347. The predicted molar refractivity (Wildman–Crippen MR) is 73.4 cm³/mol. The SMILES string of the molecule is CC(N)CCC(=O)N1C(=O)Cc2cc(CN)ccc21. The highest BCUT2D eigenvalue weighted by Gasteiger charge is 2.31. The maximum atomic E-state index is 12.1. The molecule has 1 aliphatic rings. The van der Waals surface area contributed by atoms with E-state index in [0.29, 0.717) is 25.1 Å². The van der Waals surface area contributed by atoms with Gasteiger partial charge in [-0.15, -0.1) is 0 Å². The minimum atomic E-state index is -0.179. The lowest BCUT2D eigenvalue weighted by Gasteiger charge is -2.16. The van der Waals surface area contributed by atoms with E-state index in [4.69, 9.17) is 11.5 Å². The van der Waals surface area contributed by atoms with Crippen LogP contribution in [0.2, 0.25) is 0 Å². The Balaban J connectivity index is 2.20. The molecule has 4 N–H and O–H groups in total. The summed E-state index contributed by atoms with van der Waals surface area (Å²) in [4.78, 5) is 25.3. The van der Waals surface area contributed by atoms with Crippen molar-refractivity contribution in [2.24, 2.45) is 11.5 Å². The van der Waals surface area contributed by atoms with Crippen molar-refractivity contribution >= 4 is 17.5 Å². The number of hydrogen-bond acceptors (Lipinski definition) is 4. The fourth-order valence-corrected chi connectivity index (χ4v) is 2.24. The van der Waals surface area contributed by atoms with Crippen molar-refractivity contribution in [3.8, 4) is 0 Å². The van der Waals surface area contributed by atoms with Crippen molar-refractivity contribution in [1.82, 2.24) is 0 Å². The van der Waals surface area contributed by atoms with Crippen LogP contribution in [0.3, 0.4) is 0 Å². The molecule has 0 saturated heterocycles. The highest BCUT2D eigenvalue weighted by molar-refractivity contribution is 6.19. The van der Waals surface area contributed by atoms with E-state index in [1.807, 2.05) is 19.1 Å². The lowest BCUT2D eigenvalue weighted by Crippen LogP contribution is -2.34. The van der Waals surface area contributed by atoms with Crippen LogP contribution in [0.15, 0.2) is 18.2 Å². The third kappa shape index (κ3) is 2.83. The summed E-state index contributed by atoms with van der Waals surface area (Å²) in [7, 11) is 0. The van der Waals surface area contributed by atoms with E-state index in [0.717, 1.165) is 11.1 Å². The predicted octanol–water partition coefficient (Wildman–Crippen LogP) is 0.688. The van der Waals surface area contributed by atoms with Gasteiger partial charge in [0, 0.05) is 19.0 Å². The average molecular weight is 261 g/mol. The van der Waals surface area contributed by atoms with Crippen molar-refractivity contribution in [1.29, 1.82) is 0 Å². The van der Waals surface area contributed by atoms with Gasteiger partial charge in [0.15, 0.2) is 0 Å². The van der Waals surface area contributed by atoms with Gasteiger partial charge in [-0.25, -0.2) is 4.90 Å². The van der Waals surface area contributed by atoms with Crippen LogP contribution in [-0.2, 0) is 22.6 Å². The molecule has 0 aromatic heterocycles. The number of amides is 2. The number of carbonyl (C=O) groups is 2. The Morgan fingerprint density at radius 1 is 1.47 bits per heavy atom. The number of anilines is 1. The van der Waals surface area contributed by atoms with E-state index in [2.05, 4.69) is 0 Å². The molecule has 0 saturated carbocycles. The van der Waals surface area contributed by atoms with Crippen LogP contribution in [0.25, 0.3) is 0 Å². The van der Waals surface area contributed by atoms with Crippen molar-refractivity contribution in [2.75, 3.05) is 4.90 Å². The van der Waals surface area contributed by atoms with Crippen molar-refractivity contribution in [2.45, 2.75) is 38.8 Å². The summed E-state index contributed by atoms with van der Waals surface area (Å²) >= 11 is 0. The number of nitrogens with two attached hydrogens (primary N) is 2. The second-order valence-electron chi connectivity index (χ2n) is 4.98. The van der Waals surface area contributed by atoms with E-state index in [9.17, 15) is 9.59 Å². The van der Waals surface area contributed by atoms with Gasteiger partial charge in [0.25, 0.3) is 0 Å². The van der Waals surface area contributed by atoms with Gasteiger partial charge in [-0.05, 0) is 30.5 Å². The van der Waals surface area contributed by atoms with Gasteiger partial charge >= 0.3 is 0 Å². The largest absolute Gasteiger partial charge is 0.328 e. The van der Waals surface area contributed by atoms with E-state index < -0.39 is 0 Å². The van der Waals surface area contributed by atoms with Gasteiger partial charge in [-0.2, -0.15) is 0 Å². The van der Waals surface area contributed by atoms with Gasteiger partial charge in [0.1, 0.15) is 0 Å². The number of carbonyl (C=O) groups excluding carboxylic acids is 2. The zero-order chi connectivity index (χ0) is 14.0. The fourth-order valence-electron chi connectivity index (χ4n) is 2.24. The van der Waals surface area contributed by atoms with Gasteiger partial charge in [0.2, 0.25) is 11.8 Å². The van der Waals surface area contributed by atoms with Crippen LogP contribution >= 0.6 is 0 Å². The quantitative estimate of drug-likeness (QED) is 0.834. The summed E-state index contributed by atoms with van der Waals surface area (Å²) < 4.78 is 0. The van der Waals surface area contributed by atoms with Crippen LogP contribution in [-0.4, -0.2) is 17.9 Å². The molecule has 1 aromatic carbocycles. The first kappa shape index (κ1) is 13.7. The summed E-state index contributed by atoms with van der Waals surface area (Å²) in [6, 6.07) is 5.50. The van der Waals surface area contributed by atoms with E-state index in [1.165, 1.54) is 4.90 Å². The number of benzene rings is 1. The van der Waals surface area contributed by atoms with Crippen LogP contribution in [0, 0.1) is 0 Å². The first-order valence-electron chi connectivity index (χ1n) is 6.46. The topological polar surface area (TPSA) is 89.4 Å². The number of rotatable bonds is 4. The average Bonchev–Trinajstić information content (AvgIpc) is 2.70. The molecule has 2 amide bonds. The summed E-state index contributed by atoms with van der Waals surface area (Å²) in [6.45, 7) is 2.28. The van der Waals surface area contributed by atoms with Crippen LogP contribution < -0.4 is 16.4 Å². The number of fused-ring (bicyclic) bond motifs is 1. The maximum absolute atomic E-state index is 12.1. The molecule has 0 fully saturated rings. The molecule has 1 heterocycles. The smallest absolute Gasteiger partial charge is 0.238 e. The van der Waals surface area contributed by atoms with Gasteiger partial charge in [-0.3, -0.25) is 9.59 Å². The molecule has 5 nitrogen and oxygen atoms in total. The summed E-state index contributed by atoms with van der Waals surface area (Å²) in [5.41, 5.74) is 13.7. The van der Waals surface area contributed by atoms with Gasteiger partial charge < -0.3 is 11.5 Å². The minimum Gasteiger partial charge on any atom is -0.328 e. The highest BCUT2D eigenvalue weighted by Crippen LogP contribution is 2.30. The molecule has 1 aliphatic heterocycles. The zero-order valence-electron chi connectivity index (χ0n) is 11.1. The van der Waals surface area contributed by atoms with Crippen molar-refractivity contribution in [3.05, 3.63) is 29.3 Å². The number of nitrogens with zero attached hydrogens (tertiary/aromatic N) is 1. The molecular weight excluding hydrogens is 242 g/mol. The monoisotopic (exact) mass is 261 g/mol. The molecule has 5 heteroatoms. The molecule has 2 rings (SSSR count). The maximum Gasteiger partial charge on any atom is 0.238 e. The van der Waals surface area contributed by atoms with Crippen LogP contribution in [0.5, 0.6) is 0 Å². The standard InChI is InChI=1S/C14H19N3O2/c1-9(16)2-5-13(18)17-12-4-3-10(8-15)6-11(12)7-14(17)19/h3-4,6,9H,2,5,7-8,15-16H2,1H3. The van der Waals surface area contributed by atoms with Crippen LogP contribution in [0.4, 0.5) is 5.69 Å². The van der Waals surface area contributed by atoms with Gasteiger partial charge in [0.05, 0.1) is 12.1 Å². The highest BCUT2D eigenvalue weighted by atomic mass is 16.2. The third-order valence-corrected chi connectivity index (χ3v) is 3.27. The molecule has 0 bridgehead atoms. The van der Waals surface area contributed by atoms with E-state index in [1.54, 1.807) is 6.07 Å². The third-order valence-electron chi connectivity index (χ3n) is 3.27. The molecule has 19 heavy (non-hydrogen) atoms. The van der Waals surface area contributed by atoms with Crippen molar-refractivity contribution in [3.63, 3.8) is 0 Å². The Labute approximate surface area is 112 Å². The molecular formula is C14H19N3O2. The van der Waals surface area contributed by atoms with E-state index in [-0.39, 0.29) is 24.3 Å². The number of hydrogen-bond donors (Lipinski definition) is 2. The molecule has 102 valence electrons. The Bertz CT molecular complexity index is 511. The zero-order valence-corrected chi connectivity index (χ0v) is 11.1. The molecule has 0 radical (unpaired) electrons. The number of imide groups is 1. The lowest BCUT2D eigenvalue weighted by molar-refractivity contribution is -0.125. The Kier molecular flexibility index (Phi) is 3.97. The Morgan fingerprint density at radius 3 is 2.84 bits per heavy atom. The molecule has 0 spiro atoms. The fraction of sp³-hybridized carbons (Fsp3) is 0.429.